The van der Waals surface area contributed by atoms with Crippen molar-refractivity contribution < 1.29 is 35.8 Å². The summed E-state index contributed by atoms with van der Waals surface area (Å²) in [4.78, 5) is 0. The smallest absolute Gasteiger partial charge is 0.355 e. The monoisotopic (exact) mass is 500 g/mol. The van der Waals surface area contributed by atoms with Gasteiger partial charge in [0.2, 0.25) is 0 Å². The van der Waals surface area contributed by atoms with Crippen molar-refractivity contribution in [1.29, 1.82) is 0 Å². The first kappa shape index (κ1) is 28.1. The van der Waals surface area contributed by atoms with Gasteiger partial charge in [0, 0.05) is 19.4 Å². The number of ether oxygens (including phenoxy) is 2. The van der Waals surface area contributed by atoms with E-state index in [-0.39, 0.29) is 44.1 Å². The zero-order valence-corrected chi connectivity index (χ0v) is 20.6. The van der Waals surface area contributed by atoms with Crippen molar-refractivity contribution in [3.05, 3.63) is 0 Å². The Morgan fingerprint density at radius 1 is 0.912 bits per heavy atom. The molecule has 2 nitrogen and oxygen atoms in total. The zero-order chi connectivity index (χ0) is 24.9. The molecule has 1 aliphatic heterocycles. The predicted octanol–water partition coefficient (Wildman–Crippen LogP) is 7.93. The van der Waals surface area contributed by atoms with Crippen LogP contribution in [-0.2, 0) is 9.47 Å². The molecule has 8 unspecified atom stereocenters. The first-order chi connectivity index (χ1) is 16.1. The van der Waals surface area contributed by atoms with Crippen LogP contribution in [0, 0.1) is 23.7 Å². The third-order valence-electron chi connectivity index (χ3n) is 8.23. The molecule has 2 aliphatic carbocycles. The van der Waals surface area contributed by atoms with Crippen LogP contribution < -0.4 is 0 Å². The summed E-state index contributed by atoms with van der Waals surface area (Å²) in [5, 5.41) is 0. The normalized spacial score (nSPS) is 40.8. The van der Waals surface area contributed by atoms with E-state index in [1.165, 1.54) is 0 Å². The molecule has 200 valence electrons. The first-order valence-electron chi connectivity index (χ1n) is 13.3. The minimum Gasteiger partial charge on any atom is -0.378 e. The minimum absolute atomic E-state index is 0.133. The van der Waals surface area contributed by atoms with Gasteiger partial charge in [0.05, 0.1) is 12.2 Å². The first-order valence-corrected chi connectivity index (χ1v) is 13.3. The lowest BCUT2D eigenvalue weighted by Crippen LogP contribution is -2.44. The van der Waals surface area contributed by atoms with Gasteiger partial charge in [-0.05, 0) is 81.5 Å². The molecule has 8 atom stereocenters. The average Bonchev–Trinajstić information content (AvgIpc) is 2.77. The lowest BCUT2D eigenvalue weighted by atomic mass is 9.70. The largest absolute Gasteiger partial charge is 0.378 e. The molecule has 2 saturated carbocycles. The van der Waals surface area contributed by atoms with Gasteiger partial charge in [-0.3, -0.25) is 0 Å². The molecule has 0 radical (unpaired) electrons. The molecule has 3 aliphatic rings. The van der Waals surface area contributed by atoms with Crippen LogP contribution in [0.2, 0.25) is 0 Å². The molecule has 1 heterocycles. The molecule has 3 rings (SSSR count). The maximum absolute atomic E-state index is 14.8. The van der Waals surface area contributed by atoms with E-state index in [1.807, 2.05) is 0 Å². The van der Waals surface area contributed by atoms with E-state index in [4.69, 9.17) is 9.47 Å². The van der Waals surface area contributed by atoms with Crippen LogP contribution in [0.1, 0.15) is 90.9 Å². The van der Waals surface area contributed by atoms with Gasteiger partial charge in [-0.15, -0.1) is 0 Å². The highest BCUT2D eigenvalue weighted by Crippen LogP contribution is 2.44. The van der Waals surface area contributed by atoms with Gasteiger partial charge in [-0.2, -0.15) is 8.78 Å². The van der Waals surface area contributed by atoms with Crippen molar-refractivity contribution in [1.82, 2.24) is 0 Å². The van der Waals surface area contributed by atoms with Crippen molar-refractivity contribution in [2.75, 3.05) is 6.61 Å². The summed E-state index contributed by atoms with van der Waals surface area (Å²) < 4.78 is 95.8. The molecule has 3 fully saturated rings. The Morgan fingerprint density at radius 3 is 2.21 bits per heavy atom. The van der Waals surface area contributed by atoms with Crippen LogP contribution in [0.4, 0.5) is 26.3 Å². The fourth-order valence-corrected chi connectivity index (χ4v) is 6.29. The lowest BCUT2D eigenvalue weighted by molar-refractivity contribution is -0.275. The summed E-state index contributed by atoms with van der Waals surface area (Å²) in [5.41, 5.74) is 0. The zero-order valence-electron chi connectivity index (χ0n) is 20.6. The van der Waals surface area contributed by atoms with E-state index in [0.29, 0.717) is 18.8 Å². The summed E-state index contributed by atoms with van der Waals surface area (Å²) >= 11 is 0. The molecular formula is C26H42F6O2. The minimum atomic E-state index is -3.34. The van der Waals surface area contributed by atoms with Crippen molar-refractivity contribution in [3.8, 4) is 0 Å². The van der Waals surface area contributed by atoms with E-state index in [1.54, 1.807) is 0 Å². The Kier molecular flexibility index (Phi) is 10.4. The fraction of sp³-hybridized carbons (Fsp3) is 1.00. The molecule has 0 aromatic heterocycles. The summed E-state index contributed by atoms with van der Waals surface area (Å²) in [5.74, 6) is -0.433. The van der Waals surface area contributed by atoms with Gasteiger partial charge in [-0.1, -0.05) is 20.3 Å². The molecule has 0 spiro atoms. The quantitative estimate of drug-likeness (QED) is 0.284. The van der Waals surface area contributed by atoms with Crippen LogP contribution in [0.25, 0.3) is 0 Å². The Labute approximate surface area is 200 Å². The van der Waals surface area contributed by atoms with Gasteiger partial charge in [0.15, 0.2) is 6.17 Å². The van der Waals surface area contributed by atoms with Crippen LogP contribution >= 0.6 is 0 Å². The van der Waals surface area contributed by atoms with Gasteiger partial charge in [0.25, 0.3) is 0 Å². The lowest BCUT2D eigenvalue weighted by Gasteiger charge is -2.41. The highest BCUT2D eigenvalue weighted by Gasteiger charge is 2.46. The molecule has 8 heteroatoms. The molecule has 1 saturated heterocycles. The standard InChI is InChI=1S/C26H42F6O2/c1-3-5-17(24-10-7-16(2)15-33-24)6-4-11-26(31,32)34-19-8-9-20(21(27)14-19)18-12-22(28)25(30)23(29)13-18/h16-25H,3-15H2,1-2H3. The maximum atomic E-state index is 14.8. The Balaban J connectivity index is 1.42. The number of rotatable bonds is 10. The summed E-state index contributed by atoms with van der Waals surface area (Å²) in [6.45, 7) is 4.97. The third-order valence-corrected chi connectivity index (χ3v) is 8.23. The van der Waals surface area contributed by atoms with Crippen LogP contribution in [-0.4, -0.2) is 49.6 Å². The molecule has 0 N–H and O–H groups in total. The summed E-state index contributed by atoms with van der Waals surface area (Å²) in [6, 6.07) is 0. The summed E-state index contributed by atoms with van der Waals surface area (Å²) in [7, 11) is 0. The predicted molar refractivity (Wildman–Crippen MR) is 120 cm³/mol. The van der Waals surface area contributed by atoms with E-state index in [9.17, 15) is 26.3 Å². The Morgan fingerprint density at radius 2 is 1.62 bits per heavy atom. The second-order valence-corrected chi connectivity index (χ2v) is 11.1. The third kappa shape index (κ3) is 7.75. The molecule has 0 bridgehead atoms. The van der Waals surface area contributed by atoms with Crippen LogP contribution in [0.15, 0.2) is 0 Å². The summed E-state index contributed by atoms with van der Waals surface area (Å²) in [6.07, 6.45) is -7.27. The average molecular weight is 501 g/mol. The van der Waals surface area contributed by atoms with Crippen molar-refractivity contribution in [3.63, 3.8) is 0 Å². The molecule has 0 amide bonds. The maximum Gasteiger partial charge on any atom is 0.355 e. The second kappa shape index (κ2) is 12.6. The number of hydrogen-bond donors (Lipinski definition) is 0. The Hall–Kier alpha value is -0.500. The van der Waals surface area contributed by atoms with E-state index >= 15 is 0 Å². The van der Waals surface area contributed by atoms with E-state index in [2.05, 4.69) is 13.8 Å². The number of halogens is 6. The highest BCUT2D eigenvalue weighted by molar-refractivity contribution is 4.94. The molecule has 34 heavy (non-hydrogen) atoms. The van der Waals surface area contributed by atoms with E-state index < -0.39 is 55.2 Å². The van der Waals surface area contributed by atoms with Crippen molar-refractivity contribution >= 4 is 0 Å². The number of hydrogen-bond acceptors (Lipinski definition) is 2. The Bertz CT molecular complexity index is 588. The van der Waals surface area contributed by atoms with Crippen LogP contribution in [0.3, 0.4) is 0 Å². The van der Waals surface area contributed by atoms with Gasteiger partial charge >= 0.3 is 6.11 Å². The second-order valence-electron chi connectivity index (χ2n) is 11.1. The van der Waals surface area contributed by atoms with Gasteiger partial charge in [0.1, 0.15) is 18.5 Å². The molecule has 0 aromatic rings. The van der Waals surface area contributed by atoms with Crippen LogP contribution in [0.5, 0.6) is 0 Å². The SMILES string of the molecule is CCCC(CCCC(F)(F)OC1CCC(C2CC(F)C(F)C(F)C2)C(F)C1)C1CCC(C)CO1. The van der Waals surface area contributed by atoms with Crippen molar-refractivity contribution in [2.24, 2.45) is 23.7 Å². The van der Waals surface area contributed by atoms with E-state index in [0.717, 1.165) is 32.3 Å². The fourth-order valence-electron chi connectivity index (χ4n) is 6.29. The topological polar surface area (TPSA) is 18.5 Å². The molecule has 0 aromatic carbocycles. The highest BCUT2D eigenvalue weighted by atomic mass is 19.3. The van der Waals surface area contributed by atoms with Gasteiger partial charge < -0.3 is 9.47 Å². The number of alkyl halides is 6. The van der Waals surface area contributed by atoms with Gasteiger partial charge in [-0.25, -0.2) is 17.6 Å². The molecular weight excluding hydrogens is 458 g/mol. The van der Waals surface area contributed by atoms with Crippen molar-refractivity contribution in [2.45, 2.75) is 134 Å².